The number of thioether (sulfide) groups is 1. The lowest BCUT2D eigenvalue weighted by Crippen LogP contribution is -2.25. The Kier molecular flexibility index (Phi) is 5.75. The van der Waals surface area contributed by atoms with Crippen molar-refractivity contribution in [3.05, 3.63) is 65.5 Å². The van der Waals surface area contributed by atoms with Gasteiger partial charge in [-0.25, -0.2) is 9.40 Å². The van der Waals surface area contributed by atoms with Gasteiger partial charge in [0.25, 0.3) is 0 Å². The predicted molar refractivity (Wildman–Crippen MR) is 101 cm³/mol. The largest absolute Gasteiger partial charge is 0.489 e. The Labute approximate surface area is 160 Å². The summed E-state index contributed by atoms with van der Waals surface area (Å²) in [5.74, 6) is -0.153. The van der Waals surface area contributed by atoms with Gasteiger partial charge in [-0.1, -0.05) is 36.0 Å². The fourth-order valence-corrected chi connectivity index (χ4v) is 3.61. The molecule has 140 valence electrons. The summed E-state index contributed by atoms with van der Waals surface area (Å²) in [6.45, 7) is 3.10. The highest BCUT2D eigenvalue weighted by Crippen LogP contribution is 2.39. The molecule has 0 aliphatic carbocycles. The summed E-state index contributed by atoms with van der Waals surface area (Å²) >= 11 is 1.28. The monoisotopic (exact) mass is 387 g/mol. The van der Waals surface area contributed by atoms with Crippen molar-refractivity contribution >= 4 is 28.7 Å². The molecule has 2 aromatic carbocycles. The van der Waals surface area contributed by atoms with Gasteiger partial charge in [-0.05, 0) is 35.4 Å². The molecule has 0 fully saturated rings. The molecule has 8 heteroatoms. The minimum absolute atomic E-state index is 0.231. The number of hydrogen-bond acceptors (Lipinski definition) is 5. The van der Waals surface area contributed by atoms with Gasteiger partial charge >= 0.3 is 0 Å². The standard InChI is InChI=1S/C19H18FN3O3S/c1-12(24)21-19-22-23(13(2)25)18(27-19)15-4-3-5-17(10-15)26-11-14-6-8-16(20)9-7-14/h3-10,18H,11H2,1-2H3,(H,21,22,24). The Morgan fingerprint density at radius 1 is 1.22 bits per heavy atom. The van der Waals surface area contributed by atoms with Gasteiger partial charge in [0.1, 0.15) is 23.5 Å². The molecule has 1 unspecified atom stereocenters. The van der Waals surface area contributed by atoms with E-state index in [2.05, 4.69) is 10.4 Å². The molecule has 3 rings (SSSR count). The highest BCUT2D eigenvalue weighted by molar-refractivity contribution is 8.14. The van der Waals surface area contributed by atoms with Crippen molar-refractivity contribution in [2.24, 2.45) is 5.10 Å². The molecule has 1 heterocycles. The van der Waals surface area contributed by atoms with E-state index in [1.54, 1.807) is 18.2 Å². The first-order valence-corrected chi connectivity index (χ1v) is 9.10. The van der Waals surface area contributed by atoms with E-state index in [0.717, 1.165) is 11.1 Å². The van der Waals surface area contributed by atoms with Crippen LogP contribution in [-0.2, 0) is 16.2 Å². The Morgan fingerprint density at radius 2 is 1.96 bits per heavy atom. The van der Waals surface area contributed by atoms with Crippen LogP contribution in [0.3, 0.4) is 0 Å². The third-order valence-corrected chi connectivity index (χ3v) is 4.81. The first-order valence-electron chi connectivity index (χ1n) is 8.22. The minimum atomic E-state index is -0.390. The molecule has 0 aromatic heterocycles. The fraction of sp³-hybridized carbons (Fsp3) is 0.211. The lowest BCUT2D eigenvalue weighted by Gasteiger charge is -2.19. The van der Waals surface area contributed by atoms with Crippen LogP contribution in [0.15, 0.2) is 53.6 Å². The number of carbonyl (C=O) groups excluding carboxylic acids is 2. The first-order chi connectivity index (χ1) is 12.9. The van der Waals surface area contributed by atoms with Gasteiger partial charge in [-0.3, -0.25) is 9.59 Å². The second-order valence-electron chi connectivity index (χ2n) is 5.91. The summed E-state index contributed by atoms with van der Waals surface area (Å²) in [5, 5.41) is 8.10. The van der Waals surface area contributed by atoms with Crippen LogP contribution in [0.2, 0.25) is 0 Å². The fourth-order valence-electron chi connectivity index (χ4n) is 2.48. The maximum atomic E-state index is 13.0. The van der Waals surface area contributed by atoms with Crippen molar-refractivity contribution in [3.63, 3.8) is 0 Å². The Hall–Kier alpha value is -2.87. The molecule has 2 aromatic rings. The number of halogens is 1. The lowest BCUT2D eigenvalue weighted by atomic mass is 10.2. The SMILES string of the molecule is CC(=O)NC1=NN(C(C)=O)C(c2cccc(OCc3ccc(F)cc3)c2)S1. The number of hydrazone groups is 1. The maximum absolute atomic E-state index is 13.0. The van der Waals surface area contributed by atoms with Crippen molar-refractivity contribution in [3.8, 4) is 5.75 Å². The number of hydrogen-bond donors (Lipinski definition) is 1. The lowest BCUT2D eigenvalue weighted by molar-refractivity contribution is -0.129. The van der Waals surface area contributed by atoms with E-state index in [0.29, 0.717) is 17.5 Å². The van der Waals surface area contributed by atoms with Crippen molar-refractivity contribution in [2.75, 3.05) is 0 Å². The molecule has 1 aliphatic heterocycles. The van der Waals surface area contributed by atoms with E-state index < -0.39 is 5.37 Å². The molecule has 27 heavy (non-hydrogen) atoms. The van der Waals surface area contributed by atoms with Crippen LogP contribution in [0.1, 0.15) is 30.3 Å². The summed E-state index contributed by atoms with van der Waals surface area (Å²) in [7, 11) is 0. The van der Waals surface area contributed by atoms with Crippen LogP contribution in [0.4, 0.5) is 4.39 Å². The number of ether oxygens (including phenoxy) is 1. The van der Waals surface area contributed by atoms with E-state index >= 15 is 0 Å². The summed E-state index contributed by atoms with van der Waals surface area (Å²) in [4.78, 5) is 23.2. The Morgan fingerprint density at radius 3 is 2.63 bits per heavy atom. The molecule has 0 spiro atoms. The van der Waals surface area contributed by atoms with E-state index in [-0.39, 0.29) is 17.6 Å². The summed E-state index contributed by atoms with van der Waals surface area (Å²) in [5.41, 5.74) is 1.66. The van der Waals surface area contributed by atoms with Crippen LogP contribution >= 0.6 is 11.8 Å². The molecule has 1 atom stereocenters. The topological polar surface area (TPSA) is 71.0 Å². The van der Waals surface area contributed by atoms with Crippen molar-refractivity contribution in [2.45, 2.75) is 25.8 Å². The van der Waals surface area contributed by atoms with Gasteiger partial charge in [0, 0.05) is 13.8 Å². The third kappa shape index (κ3) is 4.85. The number of amides is 2. The zero-order valence-electron chi connectivity index (χ0n) is 14.8. The number of nitrogens with zero attached hydrogens (tertiary/aromatic N) is 2. The average Bonchev–Trinajstić information content (AvgIpc) is 3.05. The van der Waals surface area contributed by atoms with Crippen LogP contribution in [0.5, 0.6) is 5.75 Å². The quantitative estimate of drug-likeness (QED) is 0.873. The molecular formula is C19H18FN3O3S. The molecular weight excluding hydrogens is 369 g/mol. The van der Waals surface area contributed by atoms with E-state index in [1.807, 2.05) is 18.2 Å². The predicted octanol–water partition coefficient (Wildman–Crippen LogP) is 3.41. The van der Waals surface area contributed by atoms with Gasteiger partial charge in [-0.2, -0.15) is 0 Å². The highest BCUT2D eigenvalue weighted by Gasteiger charge is 2.32. The number of carbonyl (C=O) groups is 2. The Bertz CT molecular complexity index is 886. The zero-order chi connectivity index (χ0) is 19.4. The van der Waals surface area contributed by atoms with E-state index in [1.165, 1.54) is 42.8 Å². The second kappa shape index (κ2) is 8.22. The van der Waals surface area contributed by atoms with Gasteiger partial charge in [0.15, 0.2) is 5.17 Å². The van der Waals surface area contributed by atoms with Crippen LogP contribution < -0.4 is 10.1 Å². The second-order valence-corrected chi connectivity index (χ2v) is 6.98. The molecule has 1 aliphatic rings. The third-order valence-electron chi connectivity index (χ3n) is 3.71. The molecule has 6 nitrogen and oxygen atoms in total. The maximum Gasteiger partial charge on any atom is 0.241 e. The molecule has 0 saturated heterocycles. The molecule has 2 amide bonds. The Balaban J connectivity index is 1.73. The highest BCUT2D eigenvalue weighted by atomic mass is 32.2. The van der Waals surface area contributed by atoms with E-state index in [9.17, 15) is 14.0 Å². The number of amidine groups is 1. The van der Waals surface area contributed by atoms with Gasteiger partial charge in [0.2, 0.25) is 11.8 Å². The summed E-state index contributed by atoms with van der Waals surface area (Å²) < 4.78 is 18.8. The van der Waals surface area contributed by atoms with Gasteiger partial charge in [-0.15, -0.1) is 5.10 Å². The zero-order valence-corrected chi connectivity index (χ0v) is 15.6. The molecule has 0 bridgehead atoms. The summed E-state index contributed by atoms with van der Waals surface area (Å²) in [6, 6.07) is 13.4. The van der Waals surface area contributed by atoms with Crippen LogP contribution in [0, 0.1) is 5.82 Å². The van der Waals surface area contributed by atoms with Gasteiger partial charge < -0.3 is 10.1 Å². The van der Waals surface area contributed by atoms with Crippen molar-refractivity contribution in [1.82, 2.24) is 10.3 Å². The normalized spacial score (nSPS) is 16.0. The summed E-state index contributed by atoms with van der Waals surface area (Å²) in [6.07, 6.45) is 0. The van der Waals surface area contributed by atoms with Crippen molar-refractivity contribution in [1.29, 1.82) is 0 Å². The smallest absolute Gasteiger partial charge is 0.241 e. The first kappa shape index (κ1) is 18.9. The number of rotatable bonds is 4. The van der Waals surface area contributed by atoms with Crippen LogP contribution in [0.25, 0.3) is 0 Å². The molecule has 0 radical (unpaired) electrons. The minimum Gasteiger partial charge on any atom is -0.489 e. The number of nitrogens with one attached hydrogen (secondary N) is 1. The molecule has 1 N–H and O–H groups in total. The van der Waals surface area contributed by atoms with Crippen LogP contribution in [-0.4, -0.2) is 22.0 Å². The van der Waals surface area contributed by atoms with E-state index in [4.69, 9.17) is 4.74 Å². The molecule has 0 saturated carbocycles. The van der Waals surface area contributed by atoms with Crippen molar-refractivity contribution < 1.29 is 18.7 Å². The average molecular weight is 387 g/mol. The number of benzene rings is 2. The van der Waals surface area contributed by atoms with Gasteiger partial charge in [0.05, 0.1) is 0 Å².